The Morgan fingerprint density at radius 2 is 1.96 bits per heavy atom. The topological polar surface area (TPSA) is 106 Å². The minimum atomic E-state index is -0.581. The second-order valence-corrected chi connectivity index (χ2v) is 5.98. The van der Waals surface area contributed by atoms with E-state index < -0.39 is 10.5 Å². The second-order valence-electron chi connectivity index (χ2n) is 5.98. The van der Waals surface area contributed by atoms with Crippen LogP contribution in [0, 0.1) is 21.4 Å². The molecule has 0 aliphatic heterocycles. The van der Waals surface area contributed by atoms with Crippen molar-refractivity contribution < 1.29 is 14.1 Å². The number of nitriles is 1. The maximum Gasteiger partial charge on any atom is 0.336 e. The molecule has 0 aliphatic carbocycles. The Bertz CT molecular complexity index is 1110. The molecule has 1 aromatic heterocycles. The number of nitrogens with zero attached hydrogens (tertiary/aromatic N) is 2. The third-order valence-electron chi connectivity index (χ3n) is 3.89. The van der Waals surface area contributed by atoms with Crippen LogP contribution in [-0.2, 0) is 0 Å². The summed E-state index contributed by atoms with van der Waals surface area (Å²) in [6.07, 6.45) is 0. The molecule has 0 bridgehead atoms. The quantitative estimate of drug-likeness (QED) is 0.390. The largest absolute Gasteiger partial charge is 0.456 e. The molecule has 0 radical (unpaired) electrons. The zero-order valence-electron chi connectivity index (χ0n) is 14.1. The summed E-state index contributed by atoms with van der Waals surface area (Å²) < 4.78 is 10.9. The molecule has 3 rings (SSSR count). The van der Waals surface area contributed by atoms with Crippen molar-refractivity contribution in [3.63, 3.8) is 0 Å². The van der Waals surface area contributed by atoms with Gasteiger partial charge in [0.1, 0.15) is 28.7 Å². The van der Waals surface area contributed by atoms with Crippen molar-refractivity contribution >= 4 is 16.7 Å². The van der Waals surface area contributed by atoms with Crippen LogP contribution in [0.3, 0.4) is 0 Å². The van der Waals surface area contributed by atoms with Gasteiger partial charge in [-0.3, -0.25) is 10.1 Å². The van der Waals surface area contributed by atoms with Crippen molar-refractivity contribution in [1.82, 2.24) is 0 Å². The first kappa shape index (κ1) is 17.2. The fourth-order valence-corrected chi connectivity index (χ4v) is 2.64. The fraction of sp³-hybridized carbons (Fsp3) is 0.158. The molecular weight excluding hydrogens is 336 g/mol. The molecule has 0 saturated heterocycles. The molecule has 0 aliphatic rings. The van der Waals surface area contributed by atoms with E-state index in [0.717, 1.165) is 17.0 Å². The molecule has 0 amide bonds. The highest BCUT2D eigenvalue weighted by atomic mass is 16.6. The highest BCUT2D eigenvalue weighted by molar-refractivity contribution is 5.82. The number of nitro benzene ring substituents is 1. The van der Waals surface area contributed by atoms with Gasteiger partial charge in [-0.05, 0) is 29.7 Å². The lowest BCUT2D eigenvalue weighted by Crippen LogP contribution is -2.02. The van der Waals surface area contributed by atoms with Crippen LogP contribution in [0.25, 0.3) is 11.0 Å². The first-order valence-electron chi connectivity index (χ1n) is 7.83. The molecule has 2 aromatic carbocycles. The average molecular weight is 350 g/mol. The minimum absolute atomic E-state index is 0.0386. The van der Waals surface area contributed by atoms with E-state index >= 15 is 0 Å². The summed E-state index contributed by atoms with van der Waals surface area (Å²) in [7, 11) is 0. The summed E-state index contributed by atoms with van der Waals surface area (Å²) in [5, 5.41) is 20.8. The van der Waals surface area contributed by atoms with Crippen LogP contribution in [0.1, 0.15) is 30.9 Å². The summed E-state index contributed by atoms with van der Waals surface area (Å²) >= 11 is 0. The number of rotatable bonds is 4. The standard InChI is InChI=1S/C19H14N2O5/c1-11(2)16-9-19(22)26-18-8-14(4-5-15(16)18)25-17-6-3-13(21(23)24)7-12(17)10-20/h3-9,11H,1-2H3. The molecule has 0 N–H and O–H groups in total. The van der Waals surface area contributed by atoms with Gasteiger partial charge in [-0.15, -0.1) is 0 Å². The third kappa shape index (κ3) is 3.26. The number of hydrogen-bond acceptors (Lipinski definition) is 6. The van der Waals surface area contributed by atoms with Crippen molar-refractivity contribution in [1.29, 1.82) is 5.26 Å². The molecule has 0 saturated carbocycles. The average Bonchev–Trinajstić information content (AvgIpc) is 2.60. The van der Waals surface area contributed by atoms with Crippen LogP contribution in [0.4, 0.5) is 5.69 Å². The van der Waals surface area contributed by atoms with Gasteiger partial charge in [0.2, 0.25) is 0 Å². The molecule has 1 heterocycles. The van der Waals surface area contributed by atoms with Crippen molar-refractivity contribution in [2.45, 2.75) is 19.8 Å². The summed E-state index contributed by atoms with van der Waals surface area (Å²) in [6.45, 7) is 3.96. The predicted octanol–water partition coefficient (Wildman–Crippen LogP) is 4.49. The third-order valence-corrected chi connectivity index (χ3v) is 3.89. The molecule has 0 atom stereocenters. The van der Waals surface area contributed by atoms with E-state index in [2.05, 4.69) is 0 Å². The molecule has 0 fully saturated rings. The number of benzene rings is 2. The predicted molar refractivity (Wildman–Crippen MR) is 94.5 cm³/mol. The molecule has 3 aromatic rings. The Morgan fingerprint density at radius 3 is 2.62 bits per heavy atom. The van der Waals surface area contributed by atoms with Gasteiger partial charge in [0.25, 0.3) is 5.69 Å². The van der Waals surface area contributed by atoms with Gasteiger partial charge in [0, 0.05) is 29.7 Å². The van der Waals surface area contributed by atoms with E-state index in [1.165, 1.54) is 18.2 Å². The van der Waals surface area contributed by atoms with Gasteiger partial charge in [-0.25, -0.2) is 4.79 Å². The summed E-state index contributed by atoms with van der Waals surface area (Å²) in [5.41, 5.74) is 0.637. The molecule has 0 unspecified atom stereocenters. The van der Waals surface area contributed by atoms with E-state index in [4.69, 9.17) is 9.15 Å². The van der Waals surface area contributed by atoms with Crippen LogP contribution in [0.2, 0.25) is 0 Å². The molecule has 26 heavy (non-hydrogen) atoms. The lowest BCUT2D eigenvalue weighted by Gasteiger charge is -2.11. The van der Waals surface area contributed by atoms with E-state index in [1.807, 2.05) is 19.9 Å². The number of hydrogen-bond donors (Lipinski definition) is 0. The smallest absolute Gasteiger partial charge is 0.336 e. The zero-order valence-corrected chi connectivity index (χ0v) is 14.1. The van der Waals surface area contributed by atoms with Crippen LogP contribution in [0.15, 0.2) is 51.7 Å². The SMILES string of the molecule is CC(C)c1cc(=O)oc2cc(Oc3ccc([N+](=O)[O-])cc3C#N)ccc12. The van der Waals surface area contributed by atoms with Gasteiger partial charge < -0.3 is 9.15 Å². The van der Waals surface area contributed by atoms with E-state index in [0.29, 0.717) is 11.3 Å². The Labute approximate surface area is 148 Å². The number of nitro groups is 1. The fourth-order valence-electron chi connectivity index (χ4n) is 2.64. The van der Waals surface area contributed by atoms with Gasteiger partial charge in [-0.2, -0.15) is 5.26 Å². The lowest BCUT2D eigenvalue weighted by atomic mass is 10.00. The number of ether oxygens (including phenoxy) is 1. The Morgan fingerprint density at radius 1 is 1.19 bits per heavy atom. The molecule has 7 nitrogen and oxygen atoms in total. The van der Waals surface area contributed by atoms with Gasteiger partial charge >= 0.3 is 5.63 Å². The van der Waals surface area contributed by atoms with Gasteiger partial charge in [-0.1, -0.05) is 13.8 Å². The zero-order chi connectivity index (χ0) is 18.8. The first-order valence-corrected chi connectivity index (χ1v) is 7.83. The maximum atomic E-state index is 11.8. The minimum Gasteiger partial charge on any atom is -0.456 e. The Kier molecular flexibility index (Phi) is 4.42. The van der Waals surface area contributed by atoms with Crippen LogP contribution in [0.5, 0.6) is 11.5 Å². The first-order chi connectivity index (χ1) is 12.4. The highest BCUT2D eigenvalue weighted by Gasteiger charge is 2.14. The normalized spacial score (nSPS) is 10.7. The summed E-state index contributed by atoms with van der Waals surface area (Å²) in [5.74, 6) is 0.681. The highest BCUT2D eigenvalue weighted by Crippen LogP contribution is 2.31. The van der Waals surface area contributed by atoms with Crippen LogP contribution < -0.4 is 10.4 Å². The van der Waals surface area contributed by atoms with Crippen LogP contribution in [-0.4, -0.2) is 4.92 Å². The number of non-ortho nitro benzene ring substituents is 1. The van der Waals surface area contributed by atoms with Gasteiger partial charge in [0.15, 0.2) is 0 Å². The van der Waals surface area contributed by atoms with Crippen molar-refractivity contribution in [2.24, 2.45) is 0 Å². The molecule has 130 valence electrons. The maximum absolute atomic E-state index is 11.8. The van der Waals surface area contributed by atoms with Crippen LogP contribution >= 0.6 is 0 Å². The lowest BCUT2D eigenvalue weighted by molar-refractivity contribution is -0.384. The van der Waals surface area contributed by atoms with E-state index in [1.54, 1.807) is 18.2 Å². The van der Waals surface area contributed by atoms with Crippen molar-refractivity contribution in [2.75, 3.05) is 0 Å². The summed E-state index contributed by atoms with van der Waals surface area (Å²) in [4.78, 5) is 22.0. The van der Waals surface area contributed by atoms with E-state index in [9.17, 15) is 20.2 Å². The number of fused-ring (bicyclic) bond motifs is 1. The van der Waals surface area contributed by atoms with E-state index in [-0.39, 0.29) is 22.9 Å². The van der Waals surface area contributed by atoms with Crippen molar-refractivity contribution in [3.05, 3.63) is 74.1 Å². The Balaban J connectivity index is 2.04. The molecular formula is C19H14N2O5. The Hall–Kier alpha value is -3.66. The molecule has 7 heteroatoms. The van der Waals surface area contributed by atoms with Gasteiger partial charge in [0.05, 0.1) is 4.92 Å². The monoisotopic (exact) mass is 350 g/mol. The molecule has 0 spiro atoms. The van der Waals surface area contributed by atoms with Crippen molar-refractivity contribution in [3.8, 4) is 17.6 Å². The second kappa shape index (κ2) is 6.69. The summed E-state index contributed by atoms with van der Waals surface area (Å²) in [6, 6.07) is 12.1.